The average Bonchev–Trinajstić information content (AvgIpc) is 3.05. The van der Waals surface area contributed by atoms with Gasteiger partial charge < -0.3 is 10.4 Å². The molecule has 0 radical (unpaired) electrons. The van der Waals surface area contributed by atoms with E-state index in [0.29, 0.717) is 6.07 Å². The normalized spacial score (nSPS) is 16.4. The quantitative estimate of drug-likeness (QED) is 0.626. The number of halogens is 2. The monoisotopic (exact) mass is 258 g/mol. The lowest BCUT2D eigenvalue weighted by Crippen LogP contribution is -2.19. The number of nitrogens with one attached hydrogen (secondary N) is 1. The van der Waals surface area contributed by atoms with Crippen LogP contribution in [0.15, 0.2) is 12.1 Å². The van der Waals surface area contributed by atoms with Crippen LogP contribution in [0.1, 0.15) is 12.8 Å². The summed E-state index contributed by atoms with van der Waals surface area (Å²) >= 11 is 0. The third-order valence-electron chi connectivity index (χ3n) is 3.16. The lowest BCUT2D eigenvalue weighted by atomic mass is 10.1. The molecule has 0 heterocycles. The van der Waals surface area contributed by atoms with Crippen LogP contribution in [0.25, 0.3) is 0 Å². The Bertz CT molecular complexity index is 489. The topological polar surface area (TPSA) is 75.4 Å². The molecule has 2 rings (SSSR count). The number of anilines is 1. The highest BCUT2D eigenvalue weighted by atomic mass is 19.1. The maximum absolute atomic E-state index is 13.3. The number of aliphatic hydroxyl groups excluding tert-OH is 1. The van der Waals surface area contributed by atoms with Crippen molar-refractivity contribution in [3.63, 3.8) is 0 Å². The molecule has 0 aromatic heterocycles. The van der Waals surface area contributed by atoms with Crippen LogP contribution in [0.3, 0.4) is 0 Å². The zero-order valence-corrected chi connectivity index (χ0v) is 9.45. The molecule has 0 spiro atoms. The highest BCUT2D eigenvalue weighted by Gasteiger charge is 2.42. The van der Waals surface area contributed by atoms with Crippen LogP contribution in [0.5, 0.6) is 0 Å². The summed E-state index contributed by atoms with van der Waals surface area (Å²) in [5.74, 6) is -2.09. The SMILES string of the molecule is O=[N+]([O-])c1c(F)cc(F)cc1NCC1(CO)CC1. The Morgan fingerprint density at radius 1 is 1.44 bits per heavy atom. The molecule has 1 aliphatic carbocycles. The first-order valence-electron chi connectivity index (χ1n) is 5.46. The molecule has 1 fully saturated rings. The van der Waals surface area contributed by atoms with E-state index in [-0.39, 0.29) is 24.3 Å². The van der Waals surface area contributed by atoms with Gasteiger partial charge in [-0.15, -0.1) is 0 Å². The second-order valence-corrected chi connectivity index (χ2v) is 4.55. The number of nitro benzene ring substituents is 1. The first kappa shape index (κ1) is 12.7. The Hall–Kier alpha value is -1.76. The number of rotatable bonds is 5. The minimum atomic E-state index is -1.21. The highest BCUT2D eigenvalue weighted by molar-refractivity contribution is 5.62. The van der Waals surface area contributed by atoms with Gasteiger partial charge in [0.2, 0.25) is 5.82 Å². The average molecular weight is 258 g/mol. The fraction of sp³-hybridized carbons (Fsp3) is 0.455. The van der Waals surface area contributed by atoms with E-state index < -0.39 is 22.2 Å². The number of hydrogen-bond donors (Lipinski definition) is 2. The fourth-order valence-electron chi connectivity index (χ4n) is 1.74. The van der Waals surface area contributed by atoms with Gasteiger partial charge >= 0.3 is 5.69 Å². The molecule has 1 aromatic rings. The van der Waals surface area contributed by atoms with Crippen molar-refractivity contribution in [3.05, 3.63) is 33.9 Å². The predicted molar refractivity (Wildman–Crippen MR) is 60.3 cm³/mol. The van der Waals surface area contributed by atoms with Crippen molar-refractivity contribution in [3.8, 4) is 0 Å². The van der Waals surface area contributed by atoms with Gasteiger partial charge in [-0.3, -0.25) is 10.1 Å². The molecule has 0 saturated heterocycles. The molecule has 1 saturated carbocycles. The maximum atomic E-state index is 13.3. The third kappa shape index (κ3) is 2.40. The summed E-state index contributed by atoms with van der Waals surface area (Å²) < 4.78 is 26.3. The lowest BCUT2D eigenvalue weighted by Gasteiger charge is -2.14. The summed E-state index contributed by atoms with van der Waals surface area (Å²) in [6.07, 6.45) is 1.59. The van der Waals surface area contributed by atoms with Gasteiger partial charge in [0.05, 0.1) is 11.5 Å². The van der Waals surface area contributed by atoms with Gasteiger partial charge in [0.25, 0.3) is 0 Å². The van der Waals surface area contributed by atoms with Crippen LogP contribution >= 0.6 is 0 Å². The number of aliphatic hydroxyl groups is 1. The first-order valence-corrected chi connectivity index (χ1v) is 5.46. The zero-order chi connectivity index (χ0) is 13.3. The maximum Gasteiger partial charge on any atom is 0.327 e. The Morgan fingerprint density at radius 3 is 2.61 bits per heavy atom. The van der Waals surface area contributed by atoms with Crippen LogP contribution in [0.2, 0.25) is 0 Å². The van der Waals surface area contributed by atoms with E-state index in [0.717, 1.165) is 18.9 Å². The Balaban J connectivity index is 2.23. The molecule has 1 aromatic carbocycles. The molecule has 0 unspecified atom stereocenters. The molecule has 7 heteroatoms. The smallest absolute Gasteiger partial charge is 0.327 e. The predicted octanol–water partition coefficient (Wildman–Crippen LogP) is 2.06. The van der Waals surface area contributed by atoms with Crippen molar-refractivity contribution >= 4 is 11.4 Å². The van der Waals surface area contributed by atoms with Crippen molar-refractivity contribution in [1.82, 2.24) is 0 Å². The van der Waals surface area contributed by atoms with Crippen molar-refractivity contribution < 1.29 is 18.8 Å². The Morgan fingerprint density at radius 2 is 2.11 bits per heavy atom. The molecular formula is C11H12F2N2O3. The summed E-state index contributed by atoms with van der Waals surface area (Å²) in [5, 5.41) is 22.5. The molecule has 0 bridgehead atoms. The number of nitrogens with zero attached hydrogens (tertiary/aromatic N) is 1. The Kier molecular flexibility index (Phi) is 3.16. The Labute approximate surface area is 102 Å². The van der Waals surface area contributed by atoms with Gasteiger partial charge in [-0.25, -0.2) is 4.39 Å². The van der Waals surface area contributed by atoms with E-state index in [1.54, 1.807) is 0 Å². The van der Waals surface area contributed by atoms with Crippen LogP contribution < -0.4 is 5.32 Å². The minimum absolute atomic E-state index is 0.0500. The van der Waals surface area contributed by atoms with Gasteiger partial charge in [-0.05, 0) is 12.8 Å². The lowest BCUT2D eigenvalue weighted by molar-refractivity contribution is -0.386. The van der Waals surface area contributed by atoms with Crippen molar-refractivity contribution in [1.29, 1.82) is 0 Å². The fourth-order valence-corrected chi connectivity index (χ4v) is 1.74. The van der Waals surface area contributed by atoms with Gasteiger partial charge in [0.1, 0.15) is 11.5 Å². The summed E-state index contributed by atoms with van der Waals surface area (Å²) in [7, 11) is 0. The van der Waals surface area contributed by atoms with E-state index in [1.807, 2.05) is 0 Å². The number of benzene rings is 1. The van der Waals surface area contributed by atoms with E-state index in [2.05, 4.69) is 5.32 Å². The first-order chi connectivity index (χ1) is 8.47. The summed E-state index contributed by atoms with van der Waals surface area (Å²) in [5.41, 5.74) is -1.28. The van der Waals surface area contributed by atoms with Gasteiger partial charge in [-0.1, -0.05) is 0 Å². The van der Waals surface area contributed by atoms with E-state index in [1.165, 1.54) is 0 Å². The van der Waals surface area contributed by atoms with Crippen LogP contribution in [-0.2, 0) is 0 Å². The zero-order valence-electron chi connectivity index (χ0n) is 9.45. The van der Waals surface area contributed by atoms with Crippen molar-refractivity contribution in [2.45, 2.75) is 12.8 Å². The molecule has 0 atom stereocenters. The molecule has 98 valence electrons. The highest BCUT2D eigenvalue weighted by Crippen LogP contribution is 2.45. The molecule has 2 N–H and O–H groups in total. The van der Waals surface area contributed by atoms with E-state index in [4.69, 9.17) is 5.11 Å². The van der Waals surface area contributed by atoms with Gasteiger partial charge in [0, 0.05) is 24.1 Å². The van der Waals surface area contributed by atoms with Crippen LogP contribution in [0, 0.1) is 27.2 Å². The summed E-state index contributed by atoms with van der Waals surface area (Å²) in [6, 6.07) is 1.36. The molecular weight excluding hydrogens is 246 g/mol. The summed E-state index contributed by atoms with van der Waals surface area (Å²) in [6.45, 7) is 0.207. The minimum Gasteiger partial charge on any atom is -0.396 e. The number of nitro groups is 1. The number of hydrogen-bond acceptors (Lipinski definition) is 4. The standard InChI is InChI=1S/C11H12F2N2O3/c12-7-3-8(13)10(15(17)18)9(4-7)14-5-11(6-16)1-2-11/h3-4,14,16H,1-2,5-6H2. The van der Waals surface area contributed by atoms with Gasteiger partial charge in [-0.2, -0.15) is 4.39 Å². The van der Waals surface area contributed by atoms with Crippen molar-refractivity contribution in [2.75, 3.05) is 18.5 Å². The summed E-state index contributed by atoms with van der Waals surface area (Å²) in [4.78, 5) is 9.82. The van der Waals surface area contributed by atoms with Gasteiger partial charge in [0.15, 0.2) is 0 Å². The third-order valence-corrected chi connectivity index (χ3v) is 3.16. The largest absolute Gasteiger partial charge is 0.396 e. The van der Waals surface area contributed by atoms with Crippen molar-refractivity contribution in [2.24, 2.45) is 5.41 Å². The van der Waals surface area contributed by atoms with Crippen LogP contribution in [-0.4, -0.2) is 23.2 Å². The van der Waals surface area contributed by atoms with Crippen LogP contribution in [0.4, 0.5) is 20.2 Å². The second kappa shape index (κ2) is 4.49. The second-order valence-electron chi connectivity index (χ2n) is 4.55. The molecule has 0 amide bonds. The molecule has 5 nitrogen and oxygen atoms in total. The van der Waals surface area contributed by atoms with E-state index in [9.17, 15) is 18.9 Å². The molecule has 1 aliphatic rings. The van der Waals surface area contributed by atoms with E-state index >= 15 is 0 Å². The molecule has 0 aliphatic heterocycles. The molecule has 18 heavy (non-hydrogen) atoms.